The number of rotatable bonds is 5. The first-order valence-electron chi connectivity index (χ1n) is 5.56. The Morgan fingerprint density at radius 2 is 2.10 bits per heavy atom. The van der Waals surface area contributed by atoms with E-state index in [1.165, 1.54) is 0 Å². The maximum Gasteiger partial charge on any atom is 0.573 e. The number of alkyl halides is 3. The first-order chi connectivity index (χ1) is 9.26. The van der Waals surface area contributed by atoms with Crippen LogP contribution < -0.4 is 10.5 Å². The summed E-state index contributed by atoms with van der Waals surface area (Å²) >= 11 is 1.80. The van der Waals surface area contributed by atoms with Crippen LogP contribution in [0.1, 0.15) is 18.3 Å². The highest BCUT2D eigenvalue weighted by Gasteiger charge is 2.33. The number of nitrogens with two attached hydrogens (primary N) is 1. The molecule has 5 nitrogen and oxygen atoms in total. The summed E-state index contributed by atoms with van der Waals surface area (Å²) in [6, 6.07) is 1.15. The van der Waals surface area contributed by atoms with Crippen LogP contribution in [-0.4, -0.2) is 23.9 Å². The summed E-state index contributed by atoms with van der Waals surface area (Å²) in [7, 11) is 0. The maximum absolute atomic E-state index is 12.3. The average molecular weight is 404 g/mol. The van der Waals surface area contributed by atoms with Crippen LogP contribution in [0.2, 0.25) is 0 Å². The molecule has 0 aromatic carbocycles. The number of ether oxygens (including phenoxy) is 2. The fourth-order valence-corrected chi connectivity index (χ4v) is 2.01. The molecule has 0 saturated heterocycles. The van der Waals surface area contributed by atoms with Gasteiger partial charge in [-0.15, -0.1) is 13.2 Å². The predicted molar refractivity (Wildman–Crippen MR) is 71.9 cm³/mol. The number of hydrogen-bond acceptors (Lipinski definition) is 5. The summed E-state index contributed by atoms with van der Waals surface area (Å²) in [6.45, 7) is 1.76. The van der Waals surface area contributed by atoms with Gasteiger partial charge in [0, 0.05) is 10.1 Å². The van der Waals surface area contributed by atoms with Crippen LogP contribution in [0.3, 0.4) is 0 Å². The van der Waals surface area contributed by atoms with Crippen molar-refractivity contribution in [3.05, 3.63) is 21.0 Å². The third-order valence-electron chi connectivity index (χ3n) is 2.12. The Morgan fingerprint density at radius 3 is 2.60 bits per heavy atom. The van der Waals surface area contributed by atoms with E-state index in [9.17, 15) is 18.0 Å². The third-order valence-corrected chi connectivity index (χ3v) is 3.06. The standard InChI is InChI=1S/C11H12F3IN2O3/c1-2-19-10(18)4-7-9(20-11(12,13)14)3-6(15)8(5-16)17-7/h3H,2,4-5,16H2,1H3. The number of carbonyl (C=O) groups is 1. The molecule has 0 fully saturated rings. The number of carbonyl (C=O) groups excluding carboxylic acids is 1. The van der Waals surface area contributed by atoms with Crippen LogP contribution in [0, 0.1) is 3.57 Å². The number of pyridine rings is 1. The van der Waals surface area contributed by atoms with Gasteiger partial charge < -0.3 is 15.2 Å². The molecule has 20 heavy (non-hydrogen) atoms. The number of halogens is 4. The zero-order chi connectivity index (χ0) is 15.3. The van der Waals surface area contributed by atoms with Crippen molar-refractivity contribution in [3.63, 3.8) is 0 Å². The first-order valence-corrected chi connectivity index (χ1v) is 6.64. The molecule has 0 bridgehead atoms. The van der Waals surface area contributed by atoms with Gasteiger partial charge in [-0.2, -0.15) is 0 Å². The van der Waals surface area contributed by atoms with E-state index < -0.39 is 24.5 Å². The fraction of sp³-hybridized carbons (Fsp3) is 0.455. The van der Waals surface area contributed by atoms with Gasteiger partial charge in [0.05, 0.1) is 24.4 Å². The molecule has 0 saturated carbocycles. The van der Waals surface area contributed by atoms with Crippen LogP contribution in [0.5, 0.6) is 5.75 Å². The first kappa shape index (κ1) is 17.0. The Hall–Kier alpha value is -1.10. The predicted octanol–water partition coefficient (Wildman–Crippen LogP) is 2.15. The average Bonchev–Trinajstić information content (AvgIpc) is 2.30. The van der Waals surface area contributed by atoms with Crippen LogP contribution in [0.15, 0.2) is 6.07 Å². The summed E-state index contributed by atoms with van der Waals surface area (Å²) in [5.41, 5.74) is 5.68. The molecule has 0 radical (unpaired) electrons. The fourth-order valence-electron chi connectivity index (χ4n) is 1.38. The van der Waals surface area contributed by atoms with Gasteiger partial charge in [-0.05, 0) is 35.6 Å². The van der Waals surface area contributed by atoms with Crippen molar-refractivity contribution in [2.45, 2.75) is 26.3 Å². The van der Waals surface area contributed by atoms with Crippen LogP contribution in [0.4, 0.5) is 13.2 Å². The lowest BCUT2D eigenvalue weighted by molar-refractivity contribution is -0.275. The third kappa shape index (κ3) is 5.12. The number of hydrogen-bond donors (Lipinski definition) is 1. The second-order valence-corrected chi connectivity index (χ2v) is 4.76. The highest BCUT2D eigenvalue weighted by molar-refractivity contribution is 14.1. The van der Waals surface area contributed by atoms with Crippen molar-refractivity contribution < 1.29 is 27.4 Å². The number of nitrogens with zero attached hydrogens (tertiary/aromatic N) is 1. The van der Waals surface area contributed by atoms with Gasteiger partial charge in [-0.3, -0.25) is 9.78 Å². The van der Waals surface area contributed by atoms with Crippen molar-refractivity contribution in [3.8, 4) is 5.75 Å². The van der Waals surface area contributed by atoms with E-state index >= 15 is 0 Å². The van der Waals surface area contributed by atoms with Crippen LogP contribution in [-0.2, 0) is 22.5 Å². The van der Waals surface area contributed by atoms with Crippen molar-refractivity contribution in [1.82, 2.24) is 4.98 Å². The minimum absolute atomic E-state index is 0.0421. The van der Waals surface area contributed by atoms with E-state index in [0.29, 0.717) is 9.26 Å². The van der Waals surface area contributed by atoms with Crippen LogP contribution in [0.25, 0.3) is 0 Å². The molecule has 1 aromatic heterocycles. The molecule has 0 amide bonds. The van der Waals surface area contributed by atoms with E-state index in [4.69, 9.17) is 5.73 Å². The molecule has 1 heterocycles. The second kappa shape index (κ2) is 7.07. The summed E-state index contributed by atoms with van der Waals surface area (Å²) in [5.74, 6) is -1.21. The Labute approximate surface area is 126 Å². The van der Waals surface area contributed by atoms with E-state index in [-0.39, 0.29) is 18.8 Å². The lowest BCUT2D eigenvalue weighted by atomic mass is 10.2. The molecule has 1 rings (SSSR count). The van der Waals surface area contributed by atoms with Crippen molar-refractivity contribution in [2.75, 3.05) is 6.61 Å². The van der Waals surface area contributed by atoms with Gasteiger partial charge in [0.2, 0.25) is 0 Å². The zero-order valence-electron chi connectivity index (χ0n) is 10.5. The molecule has 0 aliphatic carbocycles. The Bertz CT molecular complexity index is 495. The molecule has 2 N–H and O–H groups in total. The number of aromatic nitrogens is 1. The molecule has 0 spiro atoms. The summed E-state index contributed by atoms with van der Waals surface area (Å²) in [5, 5.41) is 0. The minimum atomic E-state index is -4.86. The highest BCUT2D eigenvalue weighted by Crippen LogP contribution is 2.28. The largest absolute Gasteiger partial charge is 0.573 e. The number of esters is 1. The normalized spacial score (nSPS) is 11.3. The molecular weight excluding hydrogens is 392 g/mol. The van der Waals surface area contributed by atoms with Crippen LogP contribution >= 0.6 is 22.6 Å². The topological polar surface area (TPSA) is 74.4 Å². The highest BCUT2D eigenvalue weighted by atomic mass is 127. The second-order valence-electron chi connectivity index (χ2n) is 3.60. The Kier molecular flexibility index (Phi) is 5.99. The molecule has 0 aliphatic heterocycles. The van der Waals surface area contributed by atoms with E-state index in [0.717, 1.165) is 6.07 Å². The molecule has 0 unspecified atom stereocenters. The lowest BCUT2D eigenvalue weighted by Crippen LogP contribution is -2.21. The van der Waals surface area contributed by atoms with Crippen molar-refractivity contribution in [1.29, 1.82) is 0 Å². The molecule has 9 heteroatoms. The van der Waals surface area contributed by atoms with Crippen molar-refractivity contribution >= 4 is 28.6 Å². The molecule has 0 aliphatic rings. The molecule has 1 aromatic rings. The van der Waals surface area contributed by atoms with Gasteiger partial charge in [0.25, 0.3) is 0 Å². The molecular formula is C11H12F3IN2O3. The van der Waals surface area contributed by atoms with Gasteiger partial charge >= 0.3 is 12.3 Å². The maximum atomic E-state index is 12.3. The Balaban J connectivity index is 3.12. The van der Waals surface area contributed by atoms with Gasteiger partial charge in [0.1, 0.15) is 0 Å². The molecule has 112 valence electrons. The van der Waals surface area contributed by atoms with Gasteiger partial charge in [-0.1, -0.05) is 0 Å². The summed E-state index contributed by atoms with van der Waals surface area (Å²) < 4.78 is 46.0. The summed E-state index contributed by atoms with van der Waals surface area (Å²) in [6.07, 6.45) is -5.28. The van der Waals surface area contributed by atoms with Crippen molar-refractivity contribution in [2.24, 2.45) is 5.73 Å². The summed E-state index contributed by atoms with van der Waals surface area (Å²) in [4.78, 5) is 15.3. The van der Waals surface area contributed by atoms with E-state index in [1.807, 2.05) is 0 Å². The molecule has 0 atom stereocenters. The Morgan fingerprint density at radius 1 is 1.45 bits per heavy atom. The minimum Gasteiger partial charge on any atom is -0.466 e. The zero-order valence-corrected chi connectivity index (χ0v) is 12.6. The lowest BCUT2D eigenvalue weighted by Gasteiger charge is -2.14. The van der Waals surface area contributed by atoms with Gasteiger partial charge in [-0.25, -0.2) is 0 Å². The monoisotopic (exact) mass is 404 g/mol. The SMILES string of the molecule is CCOC(=O)Cc1nc(CN)c(I)cc1OC(F)(F)F. The van der Waals surface area contributed by atoms with Gasteiger partial charge in [0.15, 0.2) is 5.75 Å². The van der Waals surface area contributed by atoms with E-state index in [1.54, 1.807) is 29.5 Å². The quantitative estimate of drug-likeness (QED) is 0.602. The van der Waals surface area contributed by atoms with E-state index in [2.05, 4.69) is 14.5 Å². The smallest absolute Gasteiger partial charge is 0.466 e.